The molecule has 0 aromatic heterocycles. The Morgan fingerprint density at radius 1 is 1.03 bits per heavy atom. The van der Waals surface area contributed by atoms with E-state index in [-0.39, 0.29) is 29.2 Å². The molecule has 1 heterocycles. The molecule has 1 aliphatic heterocycles. The van der Waals surface area contributed by atoms with E-state index in [9.17, 15) is 23.6 Å². The van der Waals surface area contributed by atoms with E-state index in [0.29, 0.717) is 16.2 Å². The van der Waals surface area contributed by atoms with E-state index in [1.165, 1.54) is 43.5 Å². The molecule has 1 saturated heterocycles. The number of nitrogens with zero attached hydrogens (tertiary/aromatic N) is 1. The molecule has 10 heteroatoms. The zero-order chi connectivity index (χ0) is 25.8. The Morgan fingerprint density at radius 3 is 2.42 bits per heavy atom. The molecule has 1 fully saturated rings. The molecule has 0 atom stereocenters. The van der Waals surface area contributed by atoms with Gasteiger partial charge in [-0.15, -0.1) is 0 Å². The van der Waals surface area contributed by atoms with Crippen LogP contribution in [0.1, 0.15) is 21.5 Å². The monoisotopic (exact) mass is 490 g/mol. The summed E-state index contributed by atoms with van der Waals surface area (Å²) in [5, 5.41) is 11.1. The lowest BCUT2D eigenvalue weighted by Gasteiger charge is -2.26. The van der Waals surface area contributed by atoms with Crippen LogP contribution in [-0.2, 0) is 16.2 Å². The first-order chi connectivity index (χ1) is 17.3. The molecule has 2 N–H and O–H groups in total. The van der Waals surface area contributed by atoms with Gasteiger partial charge in [-0.3, -0.25) is 14.9 Å². The molecule has 0 saturated carbocycles. The number of nitrogens with one attached hydrogen (secondary N) is 1. The van der Waals surface area contributed by atoms with Gasteiger partial charge in [0.2, 0.25) is 0 Å². The average molecular weight is 490 g/mol. The van der Waals surface area contributed by atoms with E-state index in [4.69, 9.17) is 14.6 Å². The first-order valence-corrected chi connectivity index (χ1v) is 10.6. The normalized spacial score (nSPS) is 14.6. The van der Waals surface area contributed by atoms with Crippen molar-refractivity contribution in [2.24, 2.45) is 0 Å². The van der Waals surface area contributed by atoms with Gasteiger partial charge in [0, 0.05) is 5.56 Å². The lowest BCUT2D eigenvalue weighted by atomic mass is 10.1. The summed E-state index contributed by atoms with van der Waals surface area (Å²) in [5.41, 5.74) is 0.356. The van der Waals surface area contributed by atoms with Gasteiger partial charge in [-0.2, -0.15) is 0 Å². The number of halogens is 1. The summed E-state index contributed by atoms with van der Waals surface area (Å²) in [4.78, 5) is 49.6. The quantitative estimate of drug-likeness (QED) is 0.382. The average Bonchev–Trinajstić information content (AvgIpc) is 2.86. The highest BCUT2D eigenvalue weighted by Crippen LogP contribution is 2.34. The number of methoxy groups -OCH3 is 1. The first kappa shape index (κ1) is 24.1. The molecule has 9 nitrogen and oxygen atoms in total. The molecule has 3 aromatic carbocycles. The Labute approximate surface area is 204 Å². The standard InChI is InChI=1S/C26H19FN2O7/c1-35-21-8-4-5-17(22(21)36-14-15-9-11-16(12-10-15)25(32)33)13-18-23(30)28-26(34)29(24(18)31)20-7-3-2-6-19(20)27/h2-13H,14H2,1H3,(H,32,33)(H,28,30,34)/b18-13+. The van der Waals surface area contributed by atoms with Crippen LogP contribution in [0.4, 0.5) is 14.9 Å². The van der Waals surface area contributed by atoms with Crippen molar-refractivity contribution in [1.82, 2.24) is 5.32 Å². The van der Waals surface area contributed by atoms with Gasteiger partial charge in [0.05, 0.1) is 18.4 Å². The van der Waals surface area contributed by atoms with E-state index < -0.39 is 35.2 Å². The van der Waals surface area contributed by atoms with Gasteiger partial charge in [0.15, 0.2) is 11.5 Å². The summed E-state index contributed by atoms with van der Waals surface area (Å²) >= 11 is 0. The number of hydrogen-bond acceptors (Lipinski definition) is 6. The zero-order valence-electron chi connectivity index (χ0n) is 18.9. The molecular weight excluding hydrogens is 471 g/mol. The number of carbonyl (C=O) groups is 4. The largest absolute Gasteiger partial charge is 0.493 e. The number of hydrogen-bond donors (Lipinski definition) is 2. The SMILES string of the molecule is COc1cccc(/C=C2\C(=O)NC(=O)N(c3ccccc3F)C2=O)c1OCc1ccc(C(=O)O)cc1. The van der Waals surface area contributed by atoms with Gasteiger partial charge in [-0.25, -0.2) is 18.9 Å². The number of anilines is 1. The Balaban J connectivity index is 1.68. The Hall–Kier alpha value is -4.99. The summed E-state index contributed by atoms with van der Waals surface area (Å²) in [7, 11) is 1.41. The minimum atomic E-state index is -1.07. The lowest BCUT2D eigenvalue weighted by Crippen LogP contribution is -2.54. The Morgan fingerprint density at radius 2 is 1.75 bits per heavy atom. The molecule has 0 bridgehead atoms. The number of aromatic carboxylic acids is 1. The van der Waals surface area contributed by atoms with Gasteiger partial charge in [-0.05, 0) is 42.0 Å². The van der Waals surface area contributed by atoms with Crippen molar-refractivity contribution in [3.8, 4) is 11.5 Å². The van der Waals surface area contributed by atoms with Crippen LogP contribution in [-0.4, -0.2) is 36.0 Å². The number of urea groups is 1. The maximum Gasteiger partial charge on any atom is 0.336 e. The molecule has 0 unspecified atom stereocenters. The highest BCUT2D eigenvalue weighted by molar-refractivity contribution is 6.39. The molecule has 4 rings (SSSR count). The van der Waals surface area contributed by atoms with Crippen LogP contribution in [0, 0.1) is 5.82 Å². The van der Waals surface area contributed by atoms with Crippen LogP contribution in [0.2, 0.25) is 0 Å². The van der Waals surface area contributed by atoms with E-state index in [1.807, 2.05) is 5.32 Å². The van der Waals surface area contributed by atoms with Gasteiger partial charge in [-0.1, -0.05) is 36.4 Å². The van der Waals surface area contributed by atoms with Gasteiger partial charge >= 0.3 is 12.0 Å². The van der Waals surface area contributed by atoms with Crippen LogP contribution in [0.25, 0.3) is 6.08 Å². The topological polar surface area (TPSA) is 122 Å². The number of ether oxygens (including phenoxy) is 2. The number of para-hydroxylation sites is 2. The number of imide groups is 2. The predicted molar refractivity (Wildman–Crippen MR) is 126 cm³/mol. The van der Waals surface area contributed by atoms with E-state index >= 15 is 0 Å². The van der Waals surface area contributed by atoms with Crippen molar-refractivity contribution in [1.29, 1.82) is 0 Å². The molecule has 4 amide bonds. The molecule has 36 heavy (non-hydrogen) atoms. The minimum absolute atomic E-state index is 0.0242. The second-order valence-electron chi connectivity index (χ2n) is 7.58. The second-order valence-corrected chi connectivity index (χ2v) is 7.58. The van der Waals surface area contributed by atoms with Crippen molar-refractivity contribution >= 4 is 35.6 Å². The van der Waals surface area contributed by atoms with Crippen LogP contribution >= 0.6 is 0 Å². The third kappa shape index (κ3) is 4.78. The molecular formula is C26H19FN2O7. The Bertz CT molecular complexity index is 1400. The molecule has 182 valence electrons. The number of barbiturate groups is 1. The minimum Gasteiger partial charge on any atom is -0.493 e. The summed E-state index contributed by atoms with van der Waals surface area (Å²) < 4.78 is 25.6. The Kier molecular flexibility index (Phi) is 6.77. The first-order valence-electron chi connectivity index (χ1n) is 10.6. The summed E-state index contributed by atoms with van der Waals surface area (Å²) in [5.74, 6) is -3.32. The van der Waals surface area contributed by atoms with Crippen molar-refractivity contribution in [2.45, 2.75) is 6.61 Å². The maximum absolute atomic E-state index is 14.3. The van der Waals surface area contributed by atoms with Crippen molar-refractivity contribution in [3.63, 3.8) is 0 Å². The third-order valence-electron chi connectivity index (χ3n) is 5.31. The van der Waals surface area contributed by atoms with Crippen LogP contribution in [0.3, 0.4) is 0 Å². The molecule has 0 radical (unpaired) electrons. The number of carbonyl (C=O) groups excluding carboxylic acids is 3. The van der Waals surface area contributed by atoms with Crippen LogP contribution in [0.5, 0.6) is 11.5 Å². The fraction of sp³-hybridized carbons (Fsp3) is 0.0769. The van der Waals surface area contributed by atoms with Crippen LogP contribution in [0.15, 0.2) is 72.3 Å². The number of amides is 4. The van der Waals surface area contributed by atoms with Crippen molar-refractivity contribution < 1.29 is 38.1 Å². The van der Waals surface area contributed by atoms with E-state index in [2.05, 4.69) is 0 Å². The summed E-state index contributed by atoms with van der Waals surface area (Å²) in [6.45, 7) is 0.0242. The zero-order valence-corrected chi connectivity index (χ0v) is 18.9. The fourth-order valence-electron chi connectivity index (χ4n) is 3.53. The second kappa shape index (κ2) is 10.1. The summed E-state index contributed by atoms with van der Waals surface area (Å²) in [6.07, 6.45) is 1.23. The lowest BCUT2D eigenvalue weighted by molar-refractivity contribution is -0.122. The highest BCUT2D eigenvalue weighted by Gasteiger charge is 2.38. The maximum atomic E-state index is 14.3. The number of rotatable bonds is 7. The molecule has 3 aromatic rings. The van der Waals surface area contributed by atoms with Gasteiger partial charge < -0.3 is 14.6 Å². The third-order valence-corrected chi connectivity index (χ3v) is 5.31. The van der Waals surface area contributed by atoms with E-state index in [1.54, 1.807) is 30.3 Å². The van der Waals surface area contributed by atoms with Crippen molar-refractivity contribution in [2.75, 3.05) is 12.0 Å². The van der Waals surface area contributed by atoms with Gasteiger partial charge in [0.25, 0.3) is 11.8 Å². The number of carboxylic acids is 1. The van der Waals surface area contributed by atoms with E-state index in [0.717, 1.165) is 6.07 Å². The molecule has 0 aliphatic carbocycles. The smallest absolute Gasteiger partial charge is 0.336 e. The number of carboxylic acid groups (broad SMARTS) is 1. The van der Waals surface area contributed by atoms with Crippen LogP contribution < -0.4 is 19.7 Å². The van der Waals surface area contributed by atoms with Crippen molar-refractivity contribution in [3.05, 3.63) is 94.8 Å². The van der Waals surface area contributed by atoms with Gasteiger partial charge in [0.1, 0.15) is 18.0 Å². The molecule has 0 spiro atoms. The predicted octanol–water partition coefficient (Wildman–Crippen LogP) is 3.78. The molecule has 1 aliphatic rings. The fourth-order valence-corrected chi connectivity index (χ4v) is 3.53. The summed E-state index contributed by atoms with van der Waals surface area (Å²) in [6, 6.07) is 15.0. The highest BCUT2D eigenvalue weighted by atomic mass is 19.1. The number of benzene rings is 3.